The van der Waals surface area contributed by atoms with E-state index in [0.29, 0.717) is 11.5 Å². The summed E-state index contributed by atoms with van der Waals surface area (Å²) in [7, 11) is -4.33. The third kappa shape index (κ3) is 10.2. The summed E-state index contributed by atoms with van der Waals surface area (Å²) in [4.78, 5) is -0.178. The molecule has 0 aliphatic heterocycles. The van der Waals surface area contributed by atoms with Crippen molar-refractivity contribution in [3.63, 3.8) is 0 Å². The molecule has 0 bridgehead atoms. The maximum absolute atomic E-state index is 11.7. The third-order valence-electron chi connectivity index (χ3n) is 5.36. The first-order chi connectivity index (χ1) is 14.9. The zero-order valence-electron chi connectivity index (χ0n) is 18.6. The molecular weight excluding hydrogens is 412 g/mol. The number of unbranched alkanes of at least 4 members (excludes halogenated alkanes) is 10. The molecule has 2 aromatic rings. The Bertz CT molecular complexity index is 893. The molecule has 0 spiro atoms. The van der Waals surface area contributed by atoms with Crippen LogP contribution in [0.5, 0.6) is 17.2 Å². The molecule has 2 rings (SSSR count). The lowest BCUT2D eigenvalue weighted by Gasteiger charge is -2.10. The molecule has 0 unspecified atom stereocenters. The molecule has 0 aliphatic rings. The molecule has 2 N–H and O–H groups in total. The van der Waals surface area contributed by atoms with Crippen molar-refractivity contribution in [2.45, 2.75) is 88.9 Å². The number of aromatic hydroxyl groups is 1. The molecule has 0 aromatic heterocycles. The van der Waals surface area contributed by atoms with Gasteiger partial charge in [0.25, 0.3) is 10.1 Å². The summed E-state index contributed by atoms with van der Waals surface area (Å²) in [5, 5.41) is 9.58. The minimum absolute atomic E-state index is 0.0598. The van der Waals surface area contributed by atoms with Gasteiger partial charge in [0.05, 0.1) is 4.90 Å². The Morgan fingerprint density at radius 2 is 1.39 bits per heavy atom. The van der Waals surface area contributed by atoms with Crippen LogP contribution in [0.2, 0.25) is 0 Å². The molecule has 0 aliphatic carbocycles. The highest BCUT2D eigenvalue weighted by Crippen LogP contribution is 2.28. The third-order valence-corrected chi connectivity index (χ3v) is 6.19. The van der Waals surface area contributed by atoms with E-state index in [-0.39, 0.29) is 10.6 Å². The number of aryl methyl sites for hydroxylation is 1. The van der Waals surface area contributed by atoms with Gasteiger partial charge in [-0.1, -0.05) is 77.2 Å². The summed E-state index contributed by atoms with van der Waals surface area (Å²) >= 11 is 0. The summed E-state index contributed by atoms with van der Waals surface area (Å²) in [6.45, 7) is 2.24. The van der Waals surface area contributed by atoms with Crippen molar-refractivity contribution in [3.05, 3.63) is 48.0 Å². The second kappa shape index (κ2) is 13.4. The molecule has 2 aromatic carbocycles. The average Bonchev–Trinajstić information content (AvgIpc) is 2.71. The first-order valence-electron chi connectivity index (χ1n) is 11.5. The van der Waals surface area contributed by atoms with E-state index in [1.165, 1.54) is 82.1 Å². The Morgan fingerprint density at radius 1 is 0.774 bits per heavy atom. The van der Waals surface area contributed by atoms with Gasteiger partial charge in [0.2, 0.25) is 0 Å². The molecule has 5 nitrogen and oxygen atoms in total. The maximum Gasteiger partial charge on any atom is 0.294 e. The van der Waals surface area contributed by atoms with Crippen LogP contribution in [0.25, 0.3) is 0 Å². The van der Waals surface area contributed by atoms with Gasteiger partial charge in [-0.3, -0.25) is 4.55 Å². The van der Waals surface area contributed by atoms with Crippen LogP contribution in [0.15, 0.2) is 47.4 Å². The summed E-state index contributed by atoms with van der Waals surface area (Å²) in [5.41, 5.74) is 0.807. The molecule has 0 radical (unpaired) electrons. The normalized spacial score (nSPS) is 11.5. The van der Waals surface area contributed by atoms with Crippen LogP contribution < -0.4 is 4.74 Å². The number of hydrogen-bond donors (Lipinski definition) is 2. The molecule has 0 saturated carbocycles. The van der Waals surface area contributed by atoms with E-state index in [2.05, 4.69) is 6.92 Å². The highest BCUT2D eigenvalue weighted by Gasteiger charge is 2.13. The van der Waals surface area contributed by atoms with Crippen molar-refractivity contribution < 1.29 is 22.8 Å². The molecule has 0 saturated heterocycles. The molecule has 31 heavy (non-hydrogen) atoms. The van der Waals surface area contributed by atoms with E-state index in [0.717, 1.165) is 24.8 Å². The standard InChI is InChI=1S/C25H36O5S/c1-2-3-4-5-6-7-8-9-10-11-12-14-21-17-24(20-25(18-21)31(27,28)29)30-23-16-13-15-22(26)19-23/h13,15-20,26H,2-12,14H2,1H3,(H,27,28,29). The van der Waals surface area contributed by atoms with Crippen LogP contribution in [-0.2, 0) is 16.5 Å². The minimum Gasteiger partial charge on any atom is -0.508 e. The van der Waals surface area contributed by atoms with Crippen LogP contribution in [0.1, 0.15) is 83.1 Å². The van der Waals surface area contributed by atoms with Gasteiger partial charge >= 0.3 is 0 Å². The van der Waals surface area contributed by atoms with Gasteiger partial charge in [-0.05, 0) is 42.7 Å². The van der Waals surface area contributed by atoms with Crippen LogP contribution >= 0.6 is 0 Å². The topological polar surface area (TPSA) is 83.8 Å². The molecule has 0 fully saturated rings. The van der Waals surface area contributed by atoms with Crippen molar-refractivity contribution in [2.75, 3.05) is 0 Å². The molecule has 0 heterocycles. The van der Waals surface area contributed by atoms with Gasteiger partial charge in [0.1, 0.15) is 17.2 Å². The summed E-state index contributed by atoms with van der Waals surface area (Å²) in [5.74, 6) is 0.775. The first kappa shape index (κ1) is 25.2. The van der Waals surface area contributed by atoms with Crippen molar-refractivity contribution in [1.82, 2.24) is 0 Å². The van der Waals surface area contributed by atoms with E-state index in [4.69, 9.17) is 4.74 Å². The van der Waals surface area contributed by atoms with E-state index in [1.807, 2.05) is 0 Å². The smallest absolute Gasteiger partial charge is 0.294 e. The molecule has 6 heteroatoms. The van der Waals surface area contributed by atoms with Crippen LogP contribution in [-0.4, -0.2) is 18.1 Å². The summed E-state index contributed by atoms with van der Waals surface area (Å²) in [6.07, 6.45) is 14.5. The zero-order valence-corrected chi connectivity index (χ0v) is 19.4. The monoisotopic (exact) mass is 448 g/mol. The van der Waals surface area contributed by atoms with Gasteiger partial charge in [0, 0.05) is 12.1 Å². The first-order valence-corrected chi connectivity index (χ1v) is 12.9. The van der Waals surface area contributed by atoms with Crippen LogP contribution in [0.4, 0.5) is 0 Å². The largest absolute Gasteiger partial charge is 0.508 e. The molecule has 172 valence electrons. The fourth-order valence-corrected chi connectivity index (χ4v) is 4.22. The lowest BCUT2D eigenvalue weighted by Crippen LogP contribution is -2.00. The van der Waals surface area contributed by atoms with Gasteiger partial charge in [-0.25, -0.2) is 0 Å². The summed E-state index contributed by atoms with van der Waals surface area (Å²) in [6, 6.07) is 10.9. The number of rotatable bonds is 15. The Balaban J connectivity index is 1.82. The fraction of sp³-hybridized carbons (Fsp3) is 0.520. The fourth-order valence-electron chi connectivity index (χ4n) is 3.66. The number of phenolic OH excluding ortho intramolecular Hbond substituents is 1. The number of benzene rings is 2. The SMILES string of the molecule is CCCCCCCCCCCCCc1cc(Oc2cccc(O)c2)cc(S(=O)(=O)O)c1. The predicted octanol–water partition coefficient (Wildman–Crippen LogP) is 7.28. The van der Waals surface area contributed by atoms with E-state index in [9.17, 15) is 18.1 Å². The molecule has 0 atom stereocenters. The van der Waals surface area contributed by atoms with Gasteiger partial charge < -0.3 is 9.84 Å². The highest BCUT2D eigenvalue weighted by molar-refractivity contribution is 7.85. The molecular formula is C25H36O5S. The van der Waals surface area contributed by atoms with Crippen LogP contribution in [0, 0.1) is 0 Å². The number of phenols is 1. The quantitative estimate of drug-likeness (QED) is 0.221. The average molecular weight is 449 g/mol. The second-order valence-corrected chi connectivity index (χ2v) is 9.59. The Hall–Kier alpha value is -2.05. The van der Waals surface area contributed by atoms with Crippen molar-refractivity contribution in [3.8, 4) is 17.2 Å². The highest BCUT2D eigenvalue weighted by atomic mass is 32.2. The van der Waals surface area contributed by atoms with Crippen molar-refractivity contribution in [2.24, 2.45) is 0 Å². The zero-order chi connectivity index (χ0) is 22.5. The lowest BCUT2D eigenvalue weighted by atomic mass is 10.0. The van der Waals surface area contributed by atoms with Gasteiger partial charge in [0.15, 0.2) is 0 Å². The maximum atomic E-state index is 11.7. The van der Waals surface area contributed by atoms with Crippen molar-refractivity contribution in [1.29, 1.82) is 0 Å². The predicted molar refractivity (Wildman–Crippen MR) is 125 cm³/mol. The minimum atomic E-state index is -4.33. The Labute approximate surface area is 187 Å². The Morgan fingerprint density at radius 3 is 1.97 bits per heavy atom. The van der Waals surface area contributed by atoms with E-state index < -0.39 is 10.1 Å². The number of hydrogen-bond acceptors (Lipinski definition) is 4. The van der Waals surface area contributed by atoms with Gasteiger partial charge in [-0.2, -0.15) is 8.42 Å². The number of ether oxygens (including phenoxy) is 1. The van der Waals surface area contributed by atoms with Crippen LogP contribution in [0.3, 0.4) is 0 Å². The van der Waals surface area contributed by atoms with Gasteiger partial charge in [-0.15, -0.1) is 0 Å². The van der Waals surface area contributed by atoms with E-state index >= 15 is 0 Å². The molecule has 0 amide bonds. The lowest BCUT2D eigenvalue weighted by molar-refractivity contribution is 0.452. The second-order valence-electron chi connectivity index (χ2n) is 8.17. The summed E-state index contributed by atoms with van der Waals surface area (Å²) < 4.78 is 38.5. The van der Waals surface area contributed by atoms with E-state index in [1.54, 1.807) is 18.2 Å². The Kier molecular flexibility index (Phi) is 10.9. The van der Waals surface area contributed by atoms with Crippen molar-refractivity contribution >= 4 is 10.1 Å².